The van der Waals surface area contributed by atoms with Crippen molar-refractivity contribution in [3.63, 3.8) is 0 Å². The number of carboxylic acid groups (broad SMARTS) is 1. The van der Waals surface area contributed by atoms with E-state index in [-0.39, 0.29) is 6.42 Å². The molecular formula is C11H13NO3. The van der Waals surface area contributed by atoms with Gasteiger partial charge in [0, 0.05) is 6.42 Å². The minimum absolute atomic E-state index is 0.164. The van der Waals surface area contributed by atoms with Crippen molar-refractivity contribution >= 4 is 11.8 Å². The first-order valence-corrected chi connectivity index (χ1v) is 4.66. The average Bonchev–Trinajstić information content (AvgIpc) is 2.26. The van der Waals surface area contributed by atoms with Crippen LogP contribution in [0.4, 0.5) is 0 Å². The first-order chi connectivity index (χ1) is 7.11. The summed E-state index contributed by atoms with van der Waals surface area (Å²) in [5.74, 6) is -1.71. The predicted octanol–water partition coefficient (Wildman–Crippen LogP) is 0.600. The summed E-state index contributed by atoms with van der Waals surface area (Å²) in [6.45, 7) is 0. The number of hydrogen-bond acceptors (Lipinski definition) is 3. The van der Waals surface area contributed by atoms with Crippen molar-refractivity contribution in [1.29, 1.82) is 0 Å². The number of carbonyl (C=O) groups excluding carboxylic acids is 1. The molecule has 0 saturated carbocycles. The van der Waals surface area contributed by atoms with Crippen LogP contribution in [0.3, 0.4) is 0 Å². The van der Waals surface area contributed by atoms with E-state index in [1.165, 1.54) is 0 Å². The number of carboxylic acids is 1. The van der Waals surface area contributed by atoms with Gasteiger partial charge in [0.05, 0.1) is 0 Å². The molecule has 0 amide bonds. The Kier molecular flexibility index (Phi) is 4.00. The number of rotatable bonds is 5. The van der Waals surface area contributed by atoms with Crippen molar-refractivity contribution in [1.82, 2.24) is 0 Å². The lowest BCUT2D eigenvalue weighted by atomic mass is 10.0. The average molecular weight is 207 g/mol. The maximum atomic E-state index is 11.3. The Labute approximate surface area is 87.7 Å². The second-order valence-corrected chi connectivity index (χ2v) is 3.27. The molecule has 0 aliphatic rings. The summed E-state index contributed by atoms with van der Waals surface area (Å²) in [5.41, 5.74) is 6.18. The van der Waals surface area contributed by atoms with Crippen molar-refractivity contribution in [2.75, 3.05) is 0 Å². The van der Waals surface area contributed by atoms with Gasteiger partial charge < -0.3 is 10.8 Å². The van der Waals surface area contributed by atoms with Crippen molar-refractivity contribution in [2.24, 2.45) is 5.73 Å². The smallest absolute Gasteiger partial charge is 0.328 e. The van der Waals surface area contributed by atoms with Gasteiger partial charge in [-0.15, -0.1) is 0 Å². The van der Waals surface area contributed by atoms with Crippen LogP contribution < -0.4 is 5.73 Å². The van der Waals surface area contributed by atoms with Gasteiger partial charge in [-0.25, -0.2) is 0 Å². The Morgan fingerprint density at radius 1 is 1.27 bits per heavy atom. The van der Waals surface area contributed by atoms with Crippen LogP contribution in [0.2, 0.25) is 0 Å². The van der Waals surface area contributed by atoms with Crippen molar-refractivity contribution in [3.8, 4) is 0 Å². The van der Waals surface area contributed by atoms with E-state index in [9.17, 15) is 9.59 Å². The van der Waals surface area contributed by atoms with E-state index in [0.29, 0.717) is 6.42 Å². The lowest BCUT2D eigenvalue weighted by Gasteiger charge is -2.04. The molecule has 0 aliphatic heterocycles. The molecule has 0 radical (unpaired) electrons. The lowest BCUT2D eigenvalue weighted by molar-refractivity contribution is -0.142. The molecule has 0 saturated heterocycles. The Bertz CT molecular complexity index is 348. The SMILES string of the molecule is NC(C(=O)O)C(=O)CCc1ccccc1. The highest BCUT2D eigenvalue weighted by atomic mass is 16.4. The largest absolute Gasteiger partial charge is 0.480 e. The molecule has 15 heavy (non-hydrogen) atoms. The van der Waals surface area contributed by atoms with Crippen LogP contribution in [-0.4, -0.2) is 22.9 Å². The Hall–Kier alpha value is -1.68. The molecule has 1 aromatic carbocycles. The molecule has 4 heteroatoms. The predicted molar refractivity (Wildman–Crippen MR) is 55.4 cm³/mol. The first-order valence-electron chi connectivity index (χ1n) is 4.66. The summed E-state index contributed by atoms with van der Waals surface area (Å²) in [7, 11) is 0. The quantitative estimate of drug-likeness (QED) is 0.693. The molecule has 1 rings (SSSR count). The summed E-state index contributed by atoms with van der Waals surface area (Å²) < 4.78 is 0. The molecular weight excluding hydrogens is 194 g/mol. The highest BCUT2D eigenvalue weighted by Crippen LogP contribution is 2.03. The van der Waals surface area contributed by atoms with Crippen LogP contribution in [0, 0.1) is 0 Å². The van der Waals surface area contributed by atoms with Crippen LogP contribution in [0.25, 0.3) is 0 Å². The third-order valence-electron chi connectivity index (χ3n) is 2.12. The maximum absolute atomic E-state index is 11.3. The van der Waals surface area contributed by atoms with Gasteiger partial charge in [-0.3, -0.25) is 9.59 Å². The molecule has 0 bridgehead atoms. The van der Waals surface area contributed by atoms with Crippen LogP contribution in [0.5, 0.6) is 0 Å². The molecule has 1 unspecified atom stereocenters. The molecule has 0 aromatic heterocycles. The normalized spacial score (nSPS) is 12.1. The molecule has 80 valence electrons. The molecule has 0 spiro atoms. The molecule has 1 aromatic rings. The topological polar surface area (TPSA) is 80.4 Å². The highest BCUT2D eigenvalue weighted by molar-refractivity contribution is 6.02. The lowest BCUT2D eigenvalue weighted by Crippen LogP contribution is -2.38. The number of benzene rings is 1. The number of aliphatic carboxylic acids is 1. The van der Waals surface area contributed by atoms with Crippen molar-refractivity contribution in [3.05, 3.63) is 35.9 Å². The van der Waals surface area contributed by atoms with Crippen LogP contribution in [0.1, 0.15) is 12.0 Å². The van der Waals surface area contributed by atoms with Crippen LogP contribution in [0.15, 0.2) is 30.3 Å². The molecule has 0 fully saturated rings. The summed E-state index contributed by atoms with van der Waals surface area (Å²) >= 11 is 0. The van der Waals surface area contributed by atoms with E-state index in [0.717, 1.165) is 5.56 Å². The van der Waals surface area contributed by atoms with Gasteiger partial charge in [-0.1, -0.05) is 30.3 Å². The summed E-state index contributed by atoms with van der Waals surface area (Å²) in [5, 5.41) is 8.50. The summed E-state index contributed by atoms with van der Waals surface area (Å²) in [6, 6.07) is 8.01. The van der Waals surface area contributed by atoms with Gasteiger partial charge in [0.2, 0.25) is 0 Å². The fourth-order valence-corrected chi connectivity index (χ4v) is 1.21. The van der Waals surface area contributed by atoms with Gasteiger partial charge in [0.25, 0.3) is 0 Å². The van der Waals surface area contributed by atoms with Gasteiger partial charge in [0.1, 0.15) is 0 Å². The third kappa shape index (κ3) is 3.52. The molecule has 1 atom stereocenters. The zero-order valence-corrected chi connectivity index (χ0v) is 8.22. The Morgan fingerprint density at radius 3 is 2.40 bits per heavy atom. The summed E-state index contributed by atoms with van der Waals surface area (Å²) in [4.78, 5) is 21.7. The van der Waals surface area contributed by atoms with Crippen LogP contribution >= 0.6 is 0 Å². The standard InChI is InChI=1S/C11H13NO3/c12-10(11(14)15)9(13)7-6-8-4-2-1-3-5-8/h1-5,10H,6-7,12H2,(H,14,15). The fraction of sp³-hybridized carbons (Fsp3) is 0.273. The zero-order chi connectivity index (χ0) is 11.3. The van der Waals surface area contributed by atoms with E-state index in [1.54, 1.807) is 0 Å². The van der Waals surface area contributed by atoms with E-state index >= 15 is 0 Å². The molecule has 0 aliphatic carbocycles. The molecule has 4 nitrogen and oxygen atoms in total. The monoisotopic (exact) mass is 207 g/mol. The Morgan fingerprint density at radius 2 is 1.87 bits per heavy atom. The number of carbonyl (C=O) groups is 2. The molecule has 0 heterocycles. The highest BCUT2D eigenvalue weighted by Gasteiger charge is 2.20. The minimum atomic E-state index is -1.39. The van der Waals surface area contributed by atoms with Gasteiger partial charge >= 0.3 is 5.97 Å². The number of aryl methyl sites for hydroxylation is 1. The third-order valence-corrected chi connectivity index (χ3v) is 2.12. The Balaban J connectivity index is 2.44. The van der Waals surface area contributed by atoms with E-state index in [4.69, 9.17) is 10.8 Å². The minimum Gasteiger partial charge on any atom is -0.480 e. The number of Topliss-reactive ketones (excluding diaryl/α,β-unsaturated/α-hetero) is 1. The number of hydrogen-bond donors (Lipinski definition) is 2. The van der Waals surface area contributed by atoms with E-state index in [1.807, 2.05) is 30.3 Å². The fourth-order valence-electron chi connectivity index (χ4n) is 1.21. The summed E-state index contributed by atoms with van der Waals surface area (Å²) in [6.07, 6.45) is 0.693. The van der Waals surface area contributed by atoms with Gasteiger partial charge in [0.15, 0.2) is 11.8 Å². The van der Waals surface area contributed by atoms with Gasteiger partial charge in [-0.05, 0) is 12.0 Å². The van der Waals surface area contributed by atoms with E-state index < -0.39 is 17.8 Å². The van der Waals surface area contributed by atoms with E-state index in [2.05, 4.69) is 0 Å². The first kappa shape index (κ1) is 11.4. The van der Waals surface area contributed by atoms with Crippen molar-refractivity contribution < 1.29 is 14.7 Å². The van der Waals surface area contributed by atoms with Crippen molar-refractivity contribution in [2.45, 2.75) is 18.9 Å². The number of nitrogens with two attached hydrogens (primary N) is 1. The van der Waals surface area contributed by atoms with Crippen LogP contribution in [-0.2, 0) is 16.0 Å². The van der Waals surface area contributed by atoms with Gasteiger partial charge in [-0.2, -0.15) is 0 Å². The molecule has 3 N–H and O–H groups in total. The number of ketones is 1. The maximum Gasteiger partial charge on any atom is 0.328 e. The zero-order valence-electron chi connectivity index (χ0n) is 8.22. The second-order valence-electron chi connectivity index (χ2n) is 3.27. The second kappa shape index (κ2) is 5.26.